The number of nitrogens with one attached hydrogen (secondary N) is 1. The molecule has 1 N–H and O–H groups in total. The number of cyclic esters (lactones) is 1. The van der Waals surface area contributed by atoms with Crippen LogP contribution in [0.3, 0.4) is 0 Å². The Balaban J connectivity index is 1.74. The van der Waals surface area contributed by atoms with E-state index >= 15 is 0 Å². The van der Waals surface area contributed by atoms with Crippen LogP contribution in [0.25, 0.3) is 17.2 Å². The number of rotatable bonds is 6. The van der Waals surface area contributed by atoms with E-state index in [0.29, 0.717) is 22.4 Å². The molecular weight excluding hydrogens is 381 g/mol. The van der Waals surface area contributed by atoms with Crippen LogP contribution in [0.2, 0.25) is 0 Å². The van der Waals surface area contributed by atoms with Crippen molar-refractivity contribution >= 4 is 23.8 Å². The molecule has 0 aliphatic carbocycles. The van der Waals surface area contributed by atoms with E-state index in [0.717, 1.165) is 6.20 Å². The SMILES string of the molecule is CC(=O)NCC1CN(c2ccc(-c3ccc(C=C[N+](=O)[O-])cc3)c(F)c2)C(=O)O1. The third-order valence-corrected chi connectivity index (χ3v) is 4.33. The van der Waals surface area contributed by atoms with Crippen LogP contribution in [0.15, 0.2) is 48.7 Å². The number of anilines is 1. The molecular formula is C20H18FN3O5. The number of carbonyl (C=O) groups is 2. The summed E-state index contributed by atoms with van der Waals surface area (Å²) in [6.45, 7) is 1.76. The molecule has 3 rings (SSSR count). The molecule has 1 unspecified atom stereocenters. The van der Waals surface area contributed by atoms with E-state index in [1.165, 1.54) is 24.0 Å². The van der Waals surface area contributed by atoms with Crippen molar-refractivity contribution in [1.82, 2.24) is 5.32 Å². The van der Waals surface area contributed by atoms with Crippen molar-refractivity contribution in [2.75, 3.05) is 18.0 Å². The summed E-state index contributed by atoms with van der Waals surface area (Å²) >= 11 is 0. The highest BCUT2D eigenvalue weighted by Crippen LogP contribution is 2.29. The van der Waals surface area contributed by atoms with Gasteiger partial charge >= 0.3 is 6.09 Å². The van der Waals surface area contributed by atoms with E-state index < -0.39 is 22.9 Å². The second kappa shape index (κ2) is 8.51. The van der Waals surface area contributed by atoms with Crippen LogP contribution >= 0.6 is 0 Å². The quantitative estimate of drug-likeness (QED) is 0.594. The summed E-state index contributed by atoms with van der Waals surface area (Å²) in [6, 6.07) is 11.0. The summed E-state index contributed by atoms with van der Waals surface area (Å²) in [5, 5.41) is 13.0. The van der Waals surface area contributed by atoms with Crippen molar-refractivity contribution in [3.63, 3.8) is 0 Å². The normalized spacial score (nSPS) is 16.1. The predicted octanol–water partition coefficient (Wildman–Crippen LogP) is 3.20. The average molecular weight is 399 g/mol. The Labute approximate surface area is 165 Å². The Kier molecular flexibility index (Phi) is 5.87. The number of amides is 2. The molecule has 2 aromatic carbocycles. The highest BCUT2D eigenvalue weighted by molar-refractivity contribution is 5.90. The van der Waals surface area contributed by atoms with Crippen LogP contribution in [0.1, 0.15) is 12.5 Å². The molecule has 150 valence electrons. The van der Waals surface area contributed by atoms with E-state index in [1.807, 2.05) is 0 Å². The maximum Gasteiger partial charge on any atom is 0.414 e. The van der Waals surface area contributed by atoms with E-state index in [-0.39, 0.29) is 19.0 Å². The first-order valence-electron chi connectivity index (χ1n) is 8.78. The van der Waals surface area contributed by atoms with E-state index in [1.54, 1.807) is 36.4 Å². The molecule has 1 heterocycles. The Hall–Kier alpha value is -3.75. The van der Waals surface area contributed by atoms with E-state index in [4.69, 9.17) is 4.74 Å². The van der Waals surface area contributed by atoms with Crippen LogP contribution in [-0.2, 0) is 9.53 Å². The van der Waals surface area contributed by atoms with Gasteiger partial charge in [-0.25, -0.2) is 9.18 Å². The summed E-state index contributed by atoms with van der Waals surface area (Å²) in [4.78, 5) is 34.2. The molecule has 0 aromatic heterocycles. The zero-order chi connectivity index (χ0) is 21.0. The van der Waals surface area contributed by atoms with Gasteiger partial charge in [-0.3, -0.25) is 19.8 Å². The zero-order valence-electron chi connectivity index (χ0n) is 15.5. The van der Waals surface area contributed by atoms with Crippen molar-refractivity contribution in [2.45, 2.75) is 13.0 Å². The number of hydrogen-bond donors (Lipinski definition) is 1. The molecule has 0 saturated carbocycles. The minimum atomic E-state index is -0.602. The molecule has 1 aliphatic rings. The van der Waals surface area contributed by atoms with Gasteiger partial charge in [-0.05, 0) is 29.3 Å². The van der Waals surface area contributed by atoms with Crippen molar-refractivity contribution in [1.29, 1.82) is 0 Å². The molecule has 2 aromatic rings. The van der Waals surface area contributed by atoms with Crippen molar-refractivity contribution < 1.29 is 23.6 Å². The maximum absolute atomic E-state index is 14.7. The molecule has 0 bridgehead atoms. The number of benzene rings is 2. The molecule has 1 fully saturated rings. The average Bonchev–Trinajstić information content (AvgIpc) is 3.06. The summed E-state index contributed by atoms with van der Waals surface area (Å²) < 4.78 is 19.9. The fourth-order valence-corrected chi connectivity index (χ4v) is 2.92. The highest BCUT2D eigenvalue weighted by Gasteiger charge is 2.32. The van der Waals surface area contributed by atoms with Crippen LogP contribution in [-0.4, -0.2) is 36.1 Å². The lowest BCUT2D eigenvalue weighted by molar-refractivity contribution is -0.400. The number of carbonyl (C=O) groups excluding carboxylic acids is 2. The first-order valence-corrected chi connectivity index (χ1v) is 8.78. The van der Waals surface area contributed by atoms with Crippen LogP contribution in [0.5, 0.6) is 0 Å². The lowest BCUT2D eigenvalue weighted by Gasteiger charge is -2.14. The van der Waals surface area contributed by atoms with Gasteiger partial charge in [0.1, 0.15) is 11.9 Å². The van der Waals surface area contributed by atoms with Gasteiger partial charge in [0.25, 0.3) is 0 Å². The standard InChI is InChI=1S/C20H18FN3O5/c1-13(25)22-11-17-12-23(20(26)29-17)16-6-7-18(19(21)10-16)15-4-2-14(3-5-15)8-9-24(27)28/h2-10,17H,11-12H2,1H3,(H,22,25). The van der Waals surface area contributed by atoms with Gasteiger partial charge < -0.3 is 10.1 Å². The lowest BCUT2D eigenvalue weighted by Crippen LogP contribution is -2.33. The van der Waals surface area contributed by atoms with Gasteiger partial charge in [-0.2, -0.15) is 0 Å². The van der Waals surface area contributed by atoms with Crippen LogP contribution in [0.4, 0.5) is 14.9 Å². The summed E-state index contributed by atoms with van der Waals surface area (Å²) in [5.41, 5.74) is 1.90. The van der Waals surface area contributed by atoms with Crippen LogP contribution in [0, 0.1) is 15.9 Å². The van der Waals surface area contributed by atoms with Crippen LogP contribution < -0.4 is 10.2 Å². The molecule has 9 heteroatoms. The first kappa shape index (κ1) is 20.0. The topological polar surface area (TPSA) is 102 Å². The fraction of sp³-hybridized carbons (Fsp3) is 0.200. The Morgan fingerprint density at radius 2 is 2.07 bits per heavy atom. The van der Waals surface area contributed by atoms with E-state index in [9.17, 15) is 24.1 Å². The van der Waals surface area contributed by atoms with E-state index in [2.05, 4.69) is 5.32 Å². The third-order valence-electron chi connectivity index (χ3n) is 4.33. The second-order valence-electron chi connectivity index (χ2n) is 6.44. The summed E-state index contributed by atoms with van der Waals surface area (Å²) in [5.74, 6) is -0.746. The monoisotopic (exact) mass is 399 g/mol. The molecule has 0 spiro atoms. The molecule has 1 atom stereocenters. The number of hydrogen-bond acceptors (Lipinski definition) is 5. The Bertz CT molecular complexity index is 975. The van der Waals surface area contributed by atoms with Gasteiger partial charge in [0, 0.05) is 18.6 Å². The maximum atomic E-state index is 14.7. The number of halogens is 1. The smallest absolute Gasteiger partial charge is 0.414 e. The van der Waals surface area contributed by atoms with Gasteiger partial charge in [0.15, 0.2) is 0 Å². The predicted molar refractivity (Wildman–Crippen MR) is 104 cm³/mol. The molecule has 29 heavy (non-hydrogen) atoms. The first-order chi connectivity index (χ1) is 13.8. The fourth-order valence-electron chi connectivity index (χ4n) is 2.92. The number of ether oxygens (including phenoxy) is 1. The molecule has 2 amide bonds. The molecule has 1 saturated heterocycles. The molecule has 1 aliphatic heterocycles. The minimum Gasteiger partial charge on any atom is -0.442 e. The van der Waals surface area contributed by atoms with Crippen molar-refractivity contribution in [2.24, 2.45) is 0 Å². The third kappa shape index (κ3) is 4.95. The van der Waals surface area contributed by atoms with Gasteiger partial charge in [0.2, 0.25) is 12.1 Å². The molecule has 8 nitrogen and oxygen atoms in total. The number of nitro groups is 1. The van der Waals surface area contributed by atoms with Crippen molar-refractivity contribution in [3.05, 3.63) is 70.2 Å². The number of nitrogens with zero attached hydrogens (tertiary/aromatic N) is 2. The zero-order valence-corrected chi connectivity index (χ0v) is 15.5. The Morgan fingerprint density at radius 3 is 2.69 bits per heavy atom. The second-order valence-corrected chi connectivity index (χ2v) is 6.44. The van der Waals surface area contributed by atoms with Gasteiger partial charge in [-0.1, -0.05) is 24.3 Å². The summed E-state index contributed by atoms with van der Waals surface area (Å²) in [6.07, 6.45) is 1.07. The van der Waals surface area contributed by atoms with Gasteiger partial charge in [-0.15, -0.1) is 0 Å². The van der Waals surface area contributed by atoms with Crippen molar-refractivity contribution in [3.8, 4) is 11.1 Å². The Morgan fingerprint density at radius 1 is 1.34 bits per heavy atom. The highest BCUT2D eigenvalue weighted by atomic mass is 19.1. The summed E-state index contributed by atoms with van der Waals surface area (Å²) in [7, 11) is 0. The molecule has 0 radical (unpaired) electrons. The minimum absolute atomic E-state index is 0.190. The van der Waals surface area contributed by atoms with Gasteiger partial charge in [0.05, 0.1) is 23.7 Å². The largest absolute Gasteiger partial charge is 0.442 e. The lowest BCUT2D eigenvalue weighted by atomic mass is 10.0.